The van der Waals surface area contributed by atoms with Crippen molar-refractivity contribution in [2.75, 3.05) is 12.0 Å². The summed E-state index contributed by atoms with van der Waals surface area (Å²) in [6.45, 7) is 3.68. The molecule has 8 heteroatoms. The highest BCUT2D eigenvalue weighted by molar-refractivity contribution is 7.89. The van der Waals surface area contributed by atoms with Crippen LogP contribution < -0.4 is 11.3 Å². The molecule has 0 amide bonds. The lowest BCUT2D eigenvalue weighted by atomic mass is 10.3. The molecule has 104 valence electrons. The Morgan fingerprint density at radius 3 is 2.63 bits per heavy atom. The molecule has 0 atom stereocenters. The van der Waals surface area contributed by atoms with Crippen molar-refractivity contribution in [1.82, 2.24) is 9.29 Å². The van der Waals surface area contributed by atoms with Gasteiger partial charge in [-0.05, 0) is 26.0 Å². The Bertz CT molecular complexity index is 547. The molecule has 19 heavy (non-hydrogen) atoms. The average molecular weight is 283 g/mol. The van der Waals surface area contributed by atoms with Gasteiger partial charge in [-0.2, -0.15) is 9.57 Å². The number of hydrogen-bond donors (Lipinski definition) is 2. The molecule has 1 aromatic heterocycles. The Hall–Kier alpha value is -1.69. The van der Waals surface area contributed by atoms with Gasteiger partial charge in [-0.15, -0.1) is 0 Å². The number of nitrogen functional groups attached to an aromatic ring is 1. The van der Waals surface area contributed by atoms with Gasteiger partial charge in [0.15, 0.2) is 0 Å². The van der Waals surface area contributed by atoms with E-state index in [1.807, 2.05) is 6.07 Å². The standard InChI is InChI=1S/C11H17N5O2S/c1-9(2)16(7-3-6-12)19(17,18)10-4-5-11(15-13)14-8-10/h4-5,8-9H,3,7,13H2,1-2H3,(H,14,15). The quantitative estimate of drug-likeness (QED) is 0.586. The maximum atomic E-state index is 12.4. The molecule has 0 radical (unpaired) electrons. The van der Waals surface area contributed by atoms with E-state index in [1.54, 1.807) is 13.8 Å². The average Bonchev–Trinajstić information content (AvgIpc) is 2.38. The normalized spacial score (nSPS) is 11.6. The largest absolute Gasteiger partial charge is 0.308 e. The van der Waals surface area contributed by atoms with E-state index in [0.29, 0.717) is 5.82 Å². The van der Waals surface area contributed by atoms with E-state index in [1.165, 1.54) is 22.6 Å². The molecule has 0 fully saturated rings. The second kappa shape index (κ2) is 6.47. The van der Waals surface area contributed by atoms with Crippen LogP contribution in [0, 0.1) is 11.3 Å². The van der Waals surface area contributed by atoms with Gasteiger partial charge in [0.1, 0.15) is 10.7 Å². The van der Waals surface area contributed by atoms with Crippen molar-refractivity contribution in [2.24, 2.45) is 5.84 Å². The monoisotopic (exact) mass is 283 g/mol. The molecular formula is C11H17N5O2S. The van der Waals surface area contributed by atoms with E-state index in [0.717, 1.165) is 0 Å². The second-order valence-corrected chi connectivity index (χ2v) is 6.03. The molecule has 1 aromatic rings. The molecule has 0 saturated heterocycles. The zero-order chi connectivity index (χ0) is 14.5. The van der Waals surface area contributed by atoms with Gasteiger partial charge in [0.05, 0.1) is 6.07 Å². The summed E-state index contributed by atoms with van der Waals surface area (Å²) in [5, 5.41) is 8.60. The fourth-order valence-corrected chi connectivity index (χ4v) is 3.15. The first kappa shape index (κ1) is 15.4. The minimum absolute atomic E-state index is 0.0816. The highest BCUT2D eigenvalue weighted by Crippen LogP contribution is 2.18. The summed E-state index contributed by atoms with van der Waals surface area (Å²) in [6.07, 6.45) is 1.39. The van der Waals surface area contributed by atoms with Crippen LogP contribution in [0.2, 0.25) is 0 Å². The molecule has 1 rings (SSSR count). The third-order valence-corrected chi connectivity index (χ3v) is 4.57. The van der Waals surface area contributed by atoms with Gasteiger partial charge >= 0.3 is 0 Å². The summed E-state index contributed by atoms with van der Waals surface area (Å²) in [5.74, 6) is 5.56. The SMILES string of the molecule is CC(C)N(CCC#N)S(=O)(=O)c1ccc(NN)nc1. The molecule has 3 N–H and O–H groups in total. The first-order valence-electron chi connectivity index (χ1n) is 5.75. The molecule has 0 aliphatic heterocycles. The Morgan fingerprint density at radius 2 is 2.21 bits per heavy atom. The number of rotatable bonds is 6. The van der Waals surface area contributed by atoms with Gasteiger partial charge in [-0.3, -0.25) is 0 Å². The van der Waals surface area contributed by atoms with Crippen molar-refractivity contribution in [2.45, 2.75) is 31.2 Å². The van der Waals surface area contributed by atoms with E-state index in [9.17, 15) is 8.42 Å². The molecule has 7 nitrogen and oxygen atoms in total. The zero-order valence-electron chi connectivity index (χ0n) is 10.9. The van der Waals surface area contributed by atoms with Crippen LogP contribution in [0.4, 0.5) is 5.82 Å². The summed E-state index contributed by atoms with van der Waals surface area (Å²) in [5.41, 5.74) is 2.33. The first-order chi connectivity index (χ1) is 8.93. The molecule has 0 unspecified atom stereocenters. The van der Waals surface area contributed by atoms with Gasteiger partial charge < -0.3 is 5.43 Å². The fourth-order valence-electron chi connectivity index (χ4n) is 1.57. The Morgan fingerprint density at radius 1 is 1.53 bits per heavy atom. The molecule has 0 aliphatic rings. The van der Waals surface area contributed by atoms with E-state index in [2.05, 4.69) is 10.4 Å². The highest BCUT2D eigenvalue weighted by Gasteiger charge is 2.26. The number of nitrogens with two attached hydrogens (primary N) is 1. The van der Waals surface area contributed by atoms with Crippen LogP contribution >= 0.6 is 0 Å². The number of nitrogens with one attached hydrogen (secondary N) is 1. The number of nitrogens with zero attached hydrogens (tertiary/aromatic N) is 3. The van der Waals surface area contributed by atoms with Gasteiger partial charge in [-0.25, -0.2) is 19.2 Å². The van der Waals surface area contributed by atoms with E-state index >= 15 is 0 Å². The lowest BCUT2D eigenvalue weighted by Crippen LogP contribution is -2.37. The molecule has 1 heterocycles. The number of hydrazine groups is 1. The van der Waals surface area contributed by atoms with Crippen LogP contribution in [0.25, 0.3) is 0 Å². The number of pyridine rings is 1. The van der Waals surface area contributed by atoms with Crippen molar-refractivity contribution >= 4 is 15.8 Å². The number of nitriles is 1. The van der Waals surface area contributed by atoms with E-state index < -0.39 is 10.0 Å². The summed E-state index contributed by atoms with van der Waals surface area (Å²) < 4.78 is 26.1. The zero-order valence-corrected chi connectivity index (χ0v) is 11.7. The number of anilines is 1. The van der Waals surface area contributed by atoms with Gasteiger partial charge in [0.2, 0.25) is 10.0 Å². The molecular weight excluding hydrogens is 266 g/mol. The maximum absolute atomic E-state index is 12.4. The molecule has 0 bridgehead atoms. The maximum Gasteiger partial charge on any atom is 0.244 e. The van der Waals surface area contributed by atoms with Crippen LogP contribution in [0.5, 0.6) is 0 Å². The van der Waals surface area contributed by atoms with Crippen LogP contribution in [-0.4, -0.2) is 30.3 Å². The van der Waals surface area contributed by atoms with Crippen LogP contribution in [0.15, 0.2) is 23.2 Å². The molecule has 0 saturated carbocycles. The first-order valence-corrected chi connectivity index (χ1v) is 7.19. The van der Waals surface area contributed by atoms with Crippen molar-refractivity contribution in [1.29, 1.82) is 5.26 Å². The van der Waals surface area contributed by atoms with Crippen LogP contribution in [0.3, 0.4) is 0 Å². The fraction of sp³-hybridized carbons (Fsp3) is 0.455. The van der Waals surface area contributed by atoms with Crippen molar-refractivity contribution in [3.63, 3.8) is 0 Å². The number of sulfonamides is 1. The minimum atomic E-state index is -3.65. The lowest BCUT2D eigenvalue weighted by Gasteiger charge is -2.24. The Balaban J connectivity index is 3.08. The smallest absolute Gasteiger partial charge is 0.244 e. The predicted octanol–water partition coefficient (Wildman–Crippen LogP) is 0.680. The Kier molecular flexibility index (Phi) is 5.23. The van der Waals surface area contributed by atoms with E-state index in [-0.39, 0.29) is 23.9 Å². The third kappa shape index (κ3) is 3.64. The van der Waals surface area contributed by atoms with Gasteiger partial charge in [-0.1, -0.05) is 0 Å². The topological polar surface area (TPSA) is 112 Å². The lowest BCUT2D eigenvalue weighted by molar-refractivity contribution is 0.360. The number of aromatic nitrogens is 1. The highest BCUT2D eigenvalue weighted by atomic mass is 32.2. The van der Waals surface area contributed by atoms with Crippen molar-refractivity contribution < 1.29 is 8.42 Å². The van der Waals surface area contributed by atoms with Crippen molar-refractivity contribution in [3.05, 3.63) is 18.3 Å². The number of hydrogen-bond acceptors (Lipinski definition) is 6. The van der Waals surface area contributed by atoms with Crippen molar-refractivity contribution in [3.8, 4) is 6.07 Å². The summed E-state index contributed by atoms with van der Waals surface area (Å²) in [6, 6.07) is 4.63. The molecule has 0 aliphatic carbocycles. The van der Waals surface area contributed by atoms with E-state index in [4.69, 9.17) is 11.1 Å². The predicted molar refractivity (Wildman–Crippen MR) is 71.3 cm³/mol. The third-order valence-electron chi connectivity index (χ3n) is 2.51. The minimum Gasteiger partial charge on any atom is -0.308 e. The second-order valence-electron chi connectivity index (χ2n) is 4.14. The van der Waals surface area contributed by atoms with Crippen LogP contribution in [-0.2, 0) is 10.0 Å². The van der Waals surface area contributed by atoms with Gasteiger partial charge in [0, 0.05) is 25.2 Å². The van der Waals surface area contributed by atoms with Crippen LogP contribution in [0.1, 0.15) is 20.3 Å². The summed E-state index contributed by atoms with van der Waals surface area (Å²) in [4.78, 5) is 3.96. The molecule has 0 aromatic carbocycles. The summed E-state index contributed by atoms with van der Waals surface area (Å²) >= 11 is 0. The summed E-state index contributed by atoms with van der Waals surface area (Å²) in [7, 11) is -3.65. The molecule has 0 spiro atoms. The van der Waals surface area contributed by atoms with Gasteiger partial charge in [0.25, 0.3) is 0 Å². The Labute approximate surface area is 113 Å².